The van der Waals surface area contributed by atoms with Gasteiger partial charge in [0.05, 0.1) is 17.2 Å². The van der Waals surface area contributed by atoms with Crippen molar-refractivity contribution in [1.82, 2.24) is 0 Å². The predicted molar refractivity (Wildman–Crippen MR) is 78.1 cm³/mol. The van der Waals surface area contributed by atoms with Gasteiger partial charge in [0, 0.05) is 5.92 Å². The van der Waals surface area contributed by atoms with Gasteiger partial charge in [-0.25, -0.2) is 0 Å². The van der Waals surface area contributed by atoms with Crippen LogP contribution in [0, 0.1) is 5.92 Å². The average molecular weight is 313 g/mol. The molecule has 1 aliphatic carbocycles. The smallest absolute Gasteiger partial charge is 0.317 e. The highest BCUT2D eigenvalue weighted by Gasteiger charge is 2.39. The molecule has 0 amide bonds. The first kappa shape index (κ1) is 15.1. The van der Waals surface area contributed by atoms with Crippen molar-refractivity contribution in [2.75, 3.05) is 7.11 Å². The number of carbonyl (C=O) groups excluding carboxylic acids is 2. The number of ketones is 1. The summed E-state index contributed by atoms with van der Waals surface area (Å²) in [6.45, 7) is 1.86. The van der Waals surface area contributed by atoms with Crippen LogP contribution in [0.2, 0.25) is 10.0 Å². The Bertz CT molecular complexity index is 593. The largest absolute Gasteiger partial charge is 0.468 e. The molecule has 106 valence electrons. The van der Waals surface area contributed by atoms with Gasteiger partial charge in [-0.3, -0.25) is 9.59 Å². The van der Waals surface area contributed by atoms with Gasteiger partial charge in [0.25, 0.3) is 0 Å². The Labute approximate surface area is 127 Å². The maximum Gasteiger partial charge on any atom is 0.317 e. The number of carbonyl (C=O) groups is 2. The number of allylic oxidation sites excluding steroid dienone is 2. The normalized spacial score (nSPS) is 22.4. The minimum atomic E-state index is -0.861. The van der Waals surface area contributed by atoms with Crippen LogP contribution >= 0.6 is 23.2 Å². The third kappa shape index (κ3) is 2.74. The van der Waals surface area contributed by atoms with Gasteiger partial charge in [0.2, 0.25) is 0 Å². The molecule has 2 atom stereocenters. The lowest BCUT2D eigenvalue weighted by Crippen LogP contribution is -2.33. The Balaban J connectivity index is 2.51. The van der Waals surface area contributed by atoms with Crippen molar-refractivity contribution in [3.8, 4) is 0 Å². The molecule has 0 saturated heterocycles. The van der Waals surface area contributed by atoms with Crippen LogP contribution in [-0.2, 0) is 14.3 Å². The predicted octanol–water partition coefficient (Wildman–Crippen LogP) is 3.79. The summed E-state index contributed by atoms with van der Waals surface area (Å²) < 4.78 is 4.75. The summed E-state index contributed by atoms with van der Waals surface area (Å²) in [5.41, 5.74) is 1.62. The average Bonchev–Trinajstić information content (AvgIpc) is 2.40. The highest BCUT2D eigenvalue weighted by molar-refractivity contribution is 6.42. The molecular weight excluding hydrogens is 299 g/mol. The van der Waals surface area contributed by atoms with Gasteiger partial charge in [-0.1, -0.05) is 40.9 Å². The molecular formula is C15H14Cl2O3. The Kier molecular flexibility index (Phi) is 4.51. The fourth-order valence-corrected chi connectivity index (χ4v) is 3.01. The molecule has 0 bridgehead atoms. The van der Waals surface area contributed by atoms with Gasteiger partial charge < -0.3 is 4.74 Å². The van der Waals surface area contributed by atoms with E-state index >= 15 is 0 Å². The molecule has 2 rings (SSSR count). The maximum absolute atomic E-state index is 12.1. The quantitative estimate of drug-likeness (QED) is 0.616. The molecule has 20 heavy (non-hydrogen) atoms. The van der Waals surface area contributed by atoms with E-state index in [1.165, 1.54) is 13.2 Å². The van der Waals surface area contributed by atoms with Crippen molar-refractivity contribution in [2.45, 2.75) is 19.3 Å². The SMILES string of the molecule is COC(=O)[C@@H]1C(=O)C=C(C)C[C@@H]1c1cccc(Cl)c1Cl. The second-order valence-electron chi connectivity index (χ2n) is 4.85. The van der Waals surface area contributed by atoms with Gasteiger partial charge in [0.1, 0.15) is 5.92 Å². The van der Waals surface area contributed by atoms with Gasteiger partial charge in [-0.15, -0.1) is 0 Å². The topological polar surface area (TPSA) is 43.4 Å². The molecule has 0 aromatic heterocycles. The Morgan fingerprint density at radius 2 is 2.05 bits per heavy atom. The standard InChI is InChI=1S/C15H14Cl2O3/c1-8-6-10(9-4-3-5-11(16)14(9)17)13(12(18)7-8)15(19)20-2/h3-5,7,10,13H,6H2,1-2H3/t10-,13+/m1/s1. The first-order valence-corrected chi connectivity index (χ1v) is 6.94. The Morgan fingerprint density at radius 1 is 1.35 bits per heavy atom. The number of halogens is 2. The minimum Gasteiger partial charge on any atom is -0.468 e. The number of benzene rings is 1. The van der Waals surface area contributed by atoms with E-state index < -0.39 is 11.9 Å². The Morgan fingerprint density at radius 3 is 2.70 bits per heavy atom. The van der Waals surface area contributed by atoms with Crippen LogP contribution in [-0.4, -0.2) is 18.9 Å². The first-order chi connectivity index (χ1) is 9.45. The highest BCUT2D eigenvalue weighted by Crippen LogP contribution is 2.41. The van der Waals surface area contributed by atoms with Gasteiger partial charge in [0.15, 0.2) is 5.78 Å². The van der Waals surface area contributed by atoms with E-state index in [1.54, 1.807) is 18.2 Å². The van der Waals surface area contributed by atoms with Gasteiger partial charge in [-0.2, -0.15) is 0 Å². The molecule has 1 aromatic rings. The molecule has 1 aromatic carbocycles. The first-order valence-electron chi connectivity index (χ1n) is 6.18. The zero-order valence-electron chi connectivity index (χ0n) is 11.2. The lowest BCUT2D eigenvalue weighted by atomic mass is 9.75. The van der Waals surface area contributed by atoms with Crippen LogP contribution in [0.3, 0.4) is 0 Å². The van der Waals surface area contributed by atoms with Crippen molar-refractivity contribution >= 4 is 35.0 Å². The number of ether oxygens (including phenoxy) is 1. The summed E-state index contributed by atoms with van der Waals surface area (Å²) in [6, 6.07) is 5.23. The van der Waals surface area contributed by atoms with E-state index in [4.69, 9.17) is 27.9 Å². The molecule has 3 nitrogen and oxygen atoms in total. The Hall–Kier alpha value is -1.32. The summed E-state index contributed by atoms with van der Waals surface area (Å²) >= 11 is 12.2. The molecule has 0 unspecified atom stereocenters. The van der Waals surface area contributed by atoms with Crippen molar-refractivity contribution in [3.05, 3.63) is 45.5 Å². The fraction of sp³-hybridized carbons (Fsp3) is 0.333. The van der Waals surface area contributed by atoms with Crippen LogP contribution in [0.1, 0.15) is 24.8 Å². The number of methoxy groups -OCH3 is 1. The molecule has 0 fully saturated rings. The van der Waals surface area contributed by atoms with Crippen LogP contribution in [0.25, 0.3) is 0 Å². The van der Waals surface area contributed by atoms with Gasteiger partial charge >= 0.3 is 5.97 Å². The molecule has 1 aliphatic rings. The summed E-state index contributed by atoms with van der Waals surface area (Å²) in [5, 5.41) is 0.794. The third-order valence-corrected chi connectivity index (χ3v) is 4.31. The molecule has 0 radical (unpaired) electrons. The van der Waals surface area contributed by atoms with E-state index in [2.05, 4.69) is 0 Å². The lowest BCUT2D eigenvalue weighted by molar-refractivity contribution is -0.149. The monoisotopic (exact) mass is 312 g/mol. The van der Waals surface area contributed by atoms with E-state index in [0.29, 0.717) is 22.0 Å². The number of rotatable bonds is 2. The zero-order chi connectivity index (χ0) is 14.9. The lowest BCUT2D eigenvalue weighted by Gasteiger charge is -2.28. The summed E-state index contributed by atoms with van der Waals surface area (Å²) in [4.78, 5) is 24.0. The molecule has 0 N–H and O–H groups in total. The van der Waals surface area contributed by atoms with Gasteiger partial charge in [-0.05, 0) is 31.1 Å². The summed E-state index contributed by atoms with van der Waals surface area (Å²) in [5.74, 6) is -1.99. The molecule has 0 heterocycles. The van der Waals surface area contributed by atoms with Crippen molar-refractivity contribution in [1.29, 1.82) is 0 Å². The van der Waals surface area contributed by atoms with Crippen molar-refractivity contribution in [3.63, 3.8) is 0 Å². The third-order valence-electron chi connectivity index (χ3n) is 3.48. The maximum atomic E-state index is 12.1. The van der Waals surface area contributed by atoms with Crippen LogP contribution in [0.4, 0.5) is 0 Å². The molecule has 0 spiro atoms. The molecule has 0 saturated carbocycles. The fourth-order valence-electron chi connectivity index (χ4n) is 2.56. The van der Waals surface area contributed by atoms with Crippen LogP contribution < -0.4 is 0 Å². The van der Waals surface area contributed by atoms with E-state index in [1.807, 2.05) is 6.92 Å². The van der Waals surface area contributed by atoms with E-state index in [9.17, 15) is 9.59 Å². The molecule has 0 aliphatic heterocycles. The molecule has 5 heteroatoms. The van der Waals surface area contributed by atoms with Crippen molar-refractivity contribution in [2.24, 2.45) is 5.92 Å². The number of hydrogen-bond acceptors (Lipinski definition) is 3. The van der Waals surface area contributed by atoms with Crippen LogP contribution in [0.5, 0.6) is 0 Å². The second kappa shape index (κ2) is 5.98. The number of hydrogen-bond donors (Lipinski definition) is 0. The van der Waals surface area contributed by atoms with E-state index in [-0.39, 0.29) is 11.7 Å². The van der Waals surface area contributed by atoms with Crippen LogP contribution in [0.15, 0.2) is 29.8 Å². The summed E-state index contributed by atoms with van der Waals surface area (Å²) in [7, 11) is 1.28. The van der Waals surface area contributed by atoms with Crippen molar-refractivity contribution < 1.29 is 14.3 Å². The number of esters is 1. The second-order valence-corrected chi connectivity index (χ2v) is 5.63. The highest BCUT2D eigenvalue weighted by atomic mass is 35.5. The summed E-state index contributed by atoms with van der Waals surface area (Å²) in [6.07, 6.45) is 2.07. The van der Waals surface area contributed by atoms with E-state index in [0.717, 1.165) is 5.57 Å². The minimum absolute atomic E-state index is 0.248. The zero-order valence-corrected chi connectivity index (χ0v) is 12.7.